The second kappa shape index (κ2) is 10.2. The van der Waals surface area contributed by atoms with Gasteiger partial charge in [-0.2, -0.15) is 0 Å². The number of nitrogens with one attached hydrogen (secondary N) is 2. The number of carbonyl (C=O) groups excluding carboxylic acids is 2. The lowest BCUT2D eigenvalue weighted by atomic mass is 9.99. The molecule has 0 saturated carbocycles. The fourth-order valence-electron chi connectivity index (χ4n) is 3.43. The first-order chi connectivity index (χ1) is 16.4. The average Bonchev–Trinajstić information content (AvgIpc) is 3.27. The lowest BCUT2D eigenvalue weighted by Crippen LogP contribution is -2.16. The number of hydrogen-bond donors (Lipinski definition) is 2. The summed E-state index contributed by atoms with van der Waals surface area (Å²) in [6.07, 6.45) is 0. The SMILES string of the molecule is COC(=O)c1cccc(NC(=O)CSc2nc3scc(-c4ccc(C(C)C)cc4)c3c(=O)[nH]2)c1. The summed E-state index contributed by atoms with van der Waals surface area (Å²) in [5, 5.41) is 5.60. The molecule has 0 unspecified atom stereocenters. The summed E-state index contributed by atoms with van der Waals surface area (Å²) in [4.78, 5) is 44.8. The van der Waals surface area contributed by atoms with E-state index in [1.54, 1.807) is 24.3 Å². The van der Waals surface area contributed by atoms with Gasteiger partial charge in [0.25, 0.3) is 5.56 Å². The van der Waals surface area contributed by atoms with Crippen molar-refractivity contribution in [1.82, 2.24) is 9.97 Å². The molecule has 2 aromatic carbocycles. The number of thiophene rings is 1. The number of aromatic amines is 1. The number of carbonyl (C=O) groups is 2. The highest BCUT2D eigenvalue weighted by atomic mass is 32.2. The molecule has 1 amide bonds. The summed E-state index contributed by atoms with van der Waals surface area (Å²) in [5.41, 5.74) is 3.65. The Hall–Kier alpha value is -3.43. The van der Waals surface area contributed by atoms with E-state index in [0.717, 1.165) is 22.9 Å². The number of fused-ring (bicyclic) bond motifs is 1. The summed E-state index contributed by atoms with van der Waals surface area (Å²) in [5.74, 6) is -0.281. The first-order valence-electron chi connectivity index (χ1n) is 10.6. The highest BCUT2D eigenvalue weighted by molar-refractivity contribution is 7.99. The van der Waals surface area contributed by atoms with Crippen LogP contribution in [-0.4, -0.2) is 34.7 Å². The Morgan fingerprint density at radius 1 is 1.18 bits per heavy atom. The predicted octanol–water partition coefficient (Wildman–Crippen LogP) is 5.29. The lowest BCUT2D eigenvalue weighted by Gasteiger charge is -2.07. The largest absolute Gasteiger partial charge is 0.465 e. The second-order valence-corrected chi connectivity index (χ2v) is 9.71. The minimum atomic E-state index is -0.480. The molecule has 0 aliphatic heterocycles. The number of nitrogens with zero attached hydrogens (tertiary/aromatic N) is 1. The Morgan fingerprint density at radius 3 is 2.65 bits per heavy atom. The van der Waals surface area contributed by atoms with Crippen LogP contribution in [0.3, 0.4) is 0 Å². The molecule has 0 aliphatic rings. The van der Waals surface area contributed by atoms with Gasteiger partial charge in [-0.1, -0.05) is 55.9 Å². The van der Waals surface area contributed by atoms with Crippen molar-refractivity contribution in [2.75, 3.05) is 18.2 Å². The van der Waals surface area contributed by atoms with Crippen LogP contribution >= 0.6 is 23.1 Å². The van der Waals surface area contributed by atoms with Crippen LogP contribution in [-0.2, 0) is 9.53 Å². The Labute approximate surface area is 204 Å². The Morgan fingerprint density at radius 2 is 1.94 bits per heavy atom. The number of benzene rings is 2. The van der Waals surface area contributed by atoms with Gasteiger partial charge in [-0.05, 0) is 35.2 Å². The van der Waals surface area contributed by atoms with Crippen molar-refractivity contribution >= 4 is 50.9 Å². The van der Waals surface area contributed by atoms with Crippen LogP contribution in [0.15, 0.2) is 63.9 Å². The van der Waals surface area contributed by atoms with E-state index in [1.165, 1.54) is 24.0 Å². The van der Waals surface area contributed by atoms with Crippen molar-refractivity contribution < 1.29 is 14.3 Å². The van der Waals surface area contributed by atoms with Gasteiger partial charge in [-0.25, -0.2) is 9.78 Å². The summed E-state index contributed by atoms with van der Waals surface area (Å²) < 4.78 is 4.70. The van der Waals surface area contributed by atoms with Gasteiger partial charge in [-0.3, -0.25) is 9.59 Å². The number of esters is 1. The normalized spacial score (nSPS) is 11.1. The van der Waals surface area contributed by atoms with Crippen molar-refractivity contribution in [3.05, 3.63) is 75.4 Å². The number of aromatic nitrogens is 2. The third kappa shape index (κ3) is 5.21. The number of rotatable bonds is 7. The molecule has 4 rings (SSSR count). The number of ether oxygens (including phenoxy) is 1. The maximum atomic E-state index is 12.8. The molecule has 0 spiro atoms. The molecule has 2 aromatic heterocycles. The van der Waals surface area contributed by atoms with E-state index in [9.17, 15) is 14.4 Å². The van der Waals surface area contributed by atoms with Gasteiger partial charge in [0.05, 0.1) is 23.8 Å². The molecule has 174 valence electrons. The first-order valence-corrected chi connectivity index (χ1v) is 12.4. The quantitative estimate of drug-likeness (QED) is 0.206. The Bertz CT molecular complexity index is 1410. The van der Waals surface area contributed by atoms with E-state index in [4.69, 9.17) is 4.74 Å². The molecule has 0 aliphatic carbocycles. The van der Waals surface area contributed by atoms with Gasteiger partial charge in [0.1, 0.15) is 4.83 Å². The fraction of sp³-hybridized carbons (Fsp3) is 0.200. The van der Waals surface area contributed by atoms with E-state index in [2.05, 4.69) is 41.3 Å². The van der Waals surface area contributed by atoms with Gasteiger partial charge in [-0.15, -0.1) is 11.3 Å². The molecule has 7 nitrogen and oxygen atoms in total. The average molecular weight is 494 g/mol. The molecule has 0 bridgehead atoms. The zero-order valence-electron chi connectivity index (χ0n) is 18.9. The standard InChI is InChI=1S/C25H23N3O4S2/c1-14(2)15-7-9-16(10-8-15)19-12-33-23-21(19)22(30)27-25(28-23)34-13-20(29)26-18-6-4-5-17(11-18)24(31)32-3/h4-12,14H,13H2,1-3H3,(H,26,29)(H,27,28,30). The van der Waals surface area contributed by atoms with E-state index in [1.807, 2.05) is 17.5 Å². The zero-order chi connectivity index (χ0) is 24.2. The second-order valence-electron chi connectivity index (χ2n) is 7.89. The molecule has 2 N–H and O–H groups in total. The third-order valence-electron chi connectivity index (χ3n) is 5.22. The molecule has 4 aromatic rings. The van der Waals surface area contributed by atoms with Crippen LogP contribution in [0.1, 0.15) is 35.7 Å². The van der Waals surface area contributed by atoms with Gasteiger partial charge < -0.3 is 15.0 Å². The van der Waals surface area contributed by atoms with Crippen molar-refractivity contribution in [2.45, 2.75) is 24.9 Å². The smallest absolute Gasteiger partial charge is 0.337 e. The summed E-state index contributed by atoms with van der Waals surface area (Å²) in [6.45, 7) is 4.28. The fourth-order valence-corrected chi connectivity index (χ4v) is 5.10. The van der Waals surface area contributed by atoms with Crippen LogP contribution < -0.4 is 10.9 Å². The number of amides is 1. The number of hydrogen-bond acceptors (Lipinski definition) is 7. The van der Waals surface area contributed by atoms with Crippen LogP contribution in [0.5, 0.6) is 0 Å². The minimum absolute atomic E-state index is 0.0474. The number of anilines is 1. The molecule has 0 saturated heterocycles. The van der Waals surface area contributed by atoms with Crippen LogP contribution in [0, 0.1) is 0 Å². The molecular formula is C25H23N3O4S2. The number of H-pyrrole nitrogens is 1. The molecule has 0 atom stereocenters. The maximum absolute atomic E-state index is 12.8. The predicted molar refractivity (Wildman–Crippen MR) is 137 cm³/mol. The molecular weight excluding hydrogens is 470 g/mol. The van der Waals surface area contributed by atoms with Crippen molar-refractivity contribution in [1.29, 1.82) is 0 Å². The van der Waals surface area contributed by atoms with Gasteiger partial charge in [0.15, 0.2) is 5.16 Å². The lowest BCUT2D eigenvalue weighted by molar-refractivity contribution is -0.113. The van der Waals surface area contributed by atoms with Crippen molar-refractivity contribution in [3.63, 3.8) is 0 Å². The van der Waals surface area contributed by atoms with E-state index < -0.39 is 5.97 Å². The summed E-state index contributed by atoms with van der Waals surface area (Å²) in [6, 6.07) is 14.7. The molecule has 34 heavy (non-hydrogen) atoms. The van der Waals surface area contributed by atoms with E-state index in [0.29, 0.717) is 32.5 Å². The topological polar surface area (TPSA) is 101 Å². The van der Waals surface area contributed by atoms with Gasteiger partial charge >= 0.3 is 5.97 Å². The number of thioether (sulfide) groups is 1. The molecule has 0 radical (unpaired) electrons. The van der Waals surface area contributed by atoms with Crippen LogP contribution in [0.2, 0.25) is 0 Å². The van der Waals surface area contributed by atoms with E-state index >= 15 is 0 Å². The Kier molecular flexibility index (Phi) is 7.14. The first kappa shape index (κ1) is 23.7. The van der Waals surface area contributed by atoms with Crippen molar-refractivity contribution in [3.8, 4) is 11.1 Å². The van der Waals surface area contributed by atoms with Gasteiger partial charge in [0.2, 0.25) is 5.91 Å². The number of methoxy groups -OCH3 is 1. The summed E-state index contributed by atoms with van der Waals surface area (Å²) >= 11 is 2.54. The summed E-state index contributed by atoms with van der Waals surface area (Å²) in [7, 11) is 1.30. The monoisotopic (exact) mass is 493 g/mol. The van der Waals surface area contributed by atoms with Crippen LogP contribution in [0.25, 0.3) is 21.3 Å². The van der Waals surface area contributed by atoms with E-state index in [-0.39, 0.29) is 17.2 Å². The molecule has 0 fully saturated rings. The Balaban J connectivity index is 1.47. The van der Waals surface area contributed by atoms with Crippen molar-refractivity contribution in [2.24, 2.45) is 0 Å². The third-order valence-corrected chi connectivity index (χ3v) is 6.96. The highest BCUT2D eigenvalue weighted by Crippen LogP contribution is 2.32. The maximum Gasteiger partial charge on any atom is 0.337 e. The zero-order valence-corrected chi connectivity index (χ0v) is 20.5. The highest BCUT2D eigenvalue weighted by Gasteiger charge is 2.15. The van der Waals surface area contributed by atoms with Gasteiger partial charge in [0, 0.05) is 16.6 Å². The van der Waals surface area contributed by atoms with Crippen LogP contribution in [0.4, 0.5) is 5.69 Å². The molecule has 9 heteroatoms. The minimum Gasteiger partial charge on any atom is -0.465 e. The molecule has 2 heterocycles.